The highest BCUT2D eigenvalue weighted by Crippen LogP contribution is 2.35. The van der Waals surface area contributed by atoms with Crippen molar-refractivity contribution < 1.29 is 18.1 Å². The lowest BCUT2D eigenvalue weighted by atomic mass is 9.82. The fourth-order valence-corrected chi connectivity index (χ4v) is 4.65. The standard InChI is InChI=1S/C21H26F3N7O2/c22-21(23,24)16-6-7-26-11-14(16)12-27-20-28-17(18(31(32)33)19(25)29-20)10-13-2-4-15(5-3-13)30-8-1-9-30/h6-7,11,13,15H,1-5,8-10,12H2,(H3,25,27,28,29). The van der Waals surface area contributed by atoms with Crippen LogP contribution in [0.25, 0.3) is 0 Å². The van der Waals surface area contributed by atoms with Gasteiger partial charge in [0.05, 0.1) is 10.5 Å². The molecule has 33 heavy (non-hydrogen) atoms. The van der Waals surface area contributed by atoms with Gasteiger partial charge in [0.25, 0.3) is 0 Å². The minimum atomic E-state index is -4.53. The van der Waals surface area contributed by atoms with Gasteiger partial charge in [-0.15, -0.1) is 0 Å². The molecule has 1 saturated heterocycles. The third kappa shape index (κ3) is 5.32. The van der Waals surface area contributed by atoms with Gasteiger partial charge in [0.1, 0.15) is 5.69 Å². The Kier molecular flexibility index (Phi) is 6.63. The molecule has 0 spiro atoms. The van der Waals surface area contributed by atoms with Crippen LogP contribution in [0.1, 0.15) is 48.9 Å². The van der Waals surface area contributed by atoms with Crippen molar-refractivity contribution in [2.75, 3.05) is 24.1 Å². The molecule has 4 rings (SSSR count). The summed E-state index contributed by atoms with van der Waals surface area (Å²) in [7, 11) is 0. The van der Waals surface area contributed by atoms with E-state index in [0.717, 1.165) is 57.2 Å². The number of pyridine rings is 1. The second-order valence-corrected chi connectivity index (χ2v) is 8.64. The molecule has 9 nitrogen and oxygen atoms in total. The smallest absolute Gasteiger partial charge is 0.378 e. The van der Waals surface area contributed by atoms with Crippen molar-refractivity contribution in [3.05, 3.63) is 45.4 Å². The Labute approximate surface area is 188 Å². The van der Waals surface area contributed by atoms with Crippen LogP contribution in [0.3, 0.4) is 0 Å². The summed E-state index contributed by atoms with van der Waals surface area (Å²) in [5.74, 6) is -0.109. The monoisotopic (exact) mass is 465 g/mol. The van der Waals surface area contributed by atoms with Gasteiger partial charge in [-0.3, -0.25) is 15.1 Å². The summed E-state index contributed by atoms with van der Waals surface area (Å²) in [5.41, 5.74) is 4.83. The van der Waals surface area contributed by atoms with E-state index in [9.17, 15) is 23.3 Å². The maximum Gasteiger partial charge on any atom is 0.416 e. The van der Waals surface area contributed by atoms with E-state index in [1.165, 1.54) is 6.42 Å². The summed E-state index contributed by atoms with van der Waals surface area (Å²) in [4.78, 5) is 25.4. The fraction of sp³-hybridized carbons (Fsp3) is 0.571. The number of nitrogens with zero attached hydrogens (tertiary/aromatic N) is 5. The number of hydrogen-bond acceptors (Lipinski definition) is 8. The summed E-state index contributed by atoms with van der Waals surface area (Å²) in [5, 5.41) is 14.3. The quantitative estimate of drug-likeness (QED) is 0.468. The van der Waals surface area contributed by atoms with Crippen LogP contribution in [-0.4, -0.2) is 43.9 Å². The summed E-state index contributed by atoms with van der Waals surface area (Å²) in [6.07, 6.45) is 3.25. The predicted octanol–water partition coefficient (Wildman–Crippen LogP) is 3.80. The van der Waals surface area contributed by atoms with Crippen molar-refractivity contribution in [2.24, 2.45) is 5.92 Å². The number of rotatable bonds is 7. The third-order valence-electron chi connectivity index (χ3n) is 6.52. The van der Waals surface area contributed by atoms with E-state index >= 15 is 0 Å². The van der Waals surface area contributed by atoms with Gasteiger partial charge in [-0.05, 0) is 63.6 Å². The Hall–Kier alpha value is -3.02. The molecule has 1 aliphatic heterocycles. The Morgan fingerprint density at radius 3 is 2.55 bits per heavy atom. The molecule has 2 aliphatic rings. The van der Waals surface area contributed by atoms with Gasteiger partial charge in [0, 0.05) is 30.5 Å². The van der Waals surface area contributed by atoms with Crippen LogP contribution in [-0.2, 0) is 19.1 Å². The molecule has 12 heteroatoms. The highest BCUT2D eigenvalue weighted by atomic mass is 19.4. The first-order chi connectivity index (χ1) is 15.7. The van der Waals surface area contributed by atoms with Crippen molar-refractivity contribution in [1.82, 2.24) is 19.9 Å². The number of hydrogen-bond donors (Lipinski definition) is 2. The first-order valence-electron chi connectivity index (χ1n) is 11.0. The van der Waals surface area contributed by atoms with E-state index in [4.69, 9.17) is 5.73 Å². The Morgan fingerprint density at radius 2 is 1.94 bits per heavy atom. The number of nitro groups is 1. The Morgan fingerprint density at radius 1 is 1.21 bits per heavy atom. The molecule has 0 amide bonds. The maximum atomic E-state index is 13.2. The molecule has 0 atom stereocenters. The molecule has 3 heterocycles. The van der Waals surface area contributed by atoms with Gasteiger partial charge in [0.2, 0.25) is 11.8 Å². The fourth-order valence-electron chi connectivity index (χ4n) is 4.65. The van der Waals surface area contributed by atoms with Gasteiger partial charge in [-0.25, -0.2) is 4.98 Å². The molecule has 0 radical (unpaired) electrons. The molecule has 0 unspecified atom stereocenters. The van der Waals surface area contributed by atoms with E-state index < -0.39 is 16.7 Å². The number of aromatic nitrogens is 3. The number of halogens is 3. The Balaban J connectivity index is 1.48. The highest BCUT2D eigenvalue weighted by molar-refractivity contribution is 5.58. The predicted molar refractivity (Wildman–Crippen MR) is 115 cm³/mol. The molecule has 178 valence electrons. The number of alkyl halides is 3. The lowest BCUT2D eigenvalue weighted by molar-refractivity contribution is -0.385. The van der Waals surface area contributed by atoms with Crippen molar-refractivity contribution in [2.45, 2.75) is 57.3 Å². The van der Waals surface area contributed by atoms with E-state index in [1.54, 1.807) is 0 Å². The van der Waals surface area contributed by atoms with E-state index in [1.807, 2.05) is 0 Å². The first kappa shape index (κ1) is 23.1. The number of likely N-dealkylation sites (tertiary alicyclic amines) is 1. The number of nitrogens with two attached hydrogens (primary N) is 1. The van der Waals surface area contributed by atoms with Crippen molar-refractivity contribution in [1.29, 1.82) is 0 Å². The molecule has 3 N–H and O–H groups in total. The van der Waals surface area contributed by atoms with Crippen LogP contribution in [0.4, 0.5) is 30.6 Å². The van der Waals surface area contributed by atoms with E-state index in [-0.39, 0.29) is 41.2 Å². The lowest BCUT2D eigenvalue weighted by Gasteiger charge is -2.42. The SMILES string of the molecule is Nc1nc(NCc2cnccc2C(F)(F)F)nc(CC2CCC(N3CCC3)CC2)c1[N+](=O)[O-]. The number of nitrogens with one attached hydrogen (secondary N) is 1. The summed E-state index contributed by atoms with van der Waals surface area (Å²) in [6.45, 7) is 2.04. The van der Waals surface area contributed by atoms with Gasteiger partial charge in [-0.2, -0.15) is 18.2 Å². The van der Waals surface area contributed by atoms with Crippen molar-refractivity contribution in [3.63, 3.8) is 0 Å². The van der Waals surface area contributed by atoms with Gasteiger partial charge in [0.15, 0.2) is 0 Å². The second-order valence-electron chi connectivity index (χ2n) is 8.64. The maximum absolute atomic E-state index is 13.2. The van der Waals surface area contributed by atoms with E-state index in [0.29, 0.717) is 12.5 Å². The average Bonchev–Trinajstić information content (AvgIpc) is 2.71. The summed E-state index contributed by atoms with van der Waals surface area (Å²) < 4.78 is 39.7. The zero-order chi connectivity index (χ0) is 23.6. The minimum absolute atomic E-state index is 0.0423. The highest BCUT2D eigenvalue weighted by Gasteiger charge is 2.34. The zero-order valence-corrected chi connectivity index (χ0v) is 18.0. The molecular weight excluding hydrogens is 439 g/mol. The molecular formula is C21H26F3N7O2. The van der Waals surface area contributed by atoms with Crippen LogP contribution in [0.5, 0.6) is 0 Å². The second kappa shape index (κ2) is 9.46. The lowest BCUT2D eigenvalue weighted by Crippen LogP contribution is -2.46. The minimum Gasteiger partial charge on any atom is -0.378 e. The van der Waals surface area contributed by atoms with Crippen LogP contribution < -0.4 is 11.1 Å². The van der Waals surface area contributed by atoms with Gasteiger partial charge in [-0.1, -0.05) is 0 Å². The van der Waals surface area contributed by atoms with Crippen LogP contribution >= 0.6 is 0 Å². The molecule has 2 aromatic heterocycles. The van der Waals surface area contributed by atoms with Crippen LogP contribution in [0.2, 0.25) is 0 Å². The van der Waals surface area contributed by atoms with E-state index in [2.05, 4.69) is 25.2 Å². The van der Waals surface area contributed by atoms with Crippen LogP contribution in [0.15, 0.2) is 18.5 Å². The normalized spacial score (nSPS) is 21.4. The summed E-state index contributed by atoms with van der Waals surface area (Å²) in [6, 6.07) is 1.48. The summed E-state index contributed by atoms with van der Waals surface area (Å²) >= 11 is 0. The average molecular weight is 465 g/mol. The Bertz CT molecular complexity index is 1010. The van der Waals surface area contributed by atoms with Crippen molar-refractivity contribution >= 4 is 17.5 Å². The molecule has 1 aliphatic carbocycles. The largest absolute Gasteiger partial charge is 0.416 e. The molecule has 0 bridgehead atoms. The van der Waals surface area contributed by atoms with Crippen LogP contribution in [0, 0.1) is 16.0 Å². The molecule has 0 aromatic carbocycles. The number of anilines is 2. The molecule has 2 aromatic rings. The zero-order valence-electron chi connectivity index (χ0n) is 18.0. The number of nitrogen functional groups attached to an aromatic ring is 1. The first-order valence-corrected chi connectivity index (χ1v) is 11.0. The van der Waals surface area contributed by atoms with Crippen molar-refractivity contribution in [3.8, 4) is 0 Å². The van der Waals surface area contributed by atoms with Gasteiger partial charge < -0.3 is 16.0 Å². The molecule has 1 saturated carbocycles. The molecule has 2 fully saturated rings. The third-order valence-corrected chi connectivity index (χ3v) is 6.52. The van der Waals surface area contributed by atoms with Gasteiger partial charge >= 0.3 is 11.9 Å². The topological polar surface area (TPSA) is 123 Å².